The molecule has 0 aliphatic carbocycles. The number of carboxylic acid groups (broad SMARTS) is 1. The Balaban J connectivity index is 3.29. The molecule has 0 saturated carbocycles. The van der Waals surface area contributed by atoms with E-state index in [1.807, 2.05) is 0 Å². The number of carboxylic acids is 1. The smallest absolute Gasteiger partial charge is 0.364 e. The Morgan fingerprint density at radius 3 is 2.36 bits per heavy atom. The Bertz CT molecular complexity index is 193. The summed E-state index contributed by atoms with van der Waals surface area (Å²) in [5.41, 5.74) is 5.32. The van der Waals surface area contributed by atoms with Gasteiger partial charge in [-0.1, -0.05) is 19.3 Å². The molecule has 14 heavy (non-hydrogen) atoms. The van der Waals surface area contributed by atoms with Gasteiger partial charge in [0.25, 0.3) is 0 Å². The van der Waals surface area contributed by atoms with Crippen molar-refractivity contribution in [3.8, 4) is 0 Å². The molecule has 82 valence electrons. The zero-order valence-corrected chi connectivity index (χ0v) is 8.34. The van der Waals surface area contributed by atoms with Gasteiger partial charge in [-0.25, -0.2) is 4.79 Å². The molecule has 0 bridgehead atoms. The van der Waals surface area contributed by atoms with Crippen molar-refractivity contribution in [1.29, 1.82) is 0 Å². The summed E-state index contributed by atoms with van der Waals surface area (Å²) in [7, 11) is 0. The van der Waals surface area contributed by atoms with E-state index >= 15 is 0 Å². The fourth-order valence-corrected chi connectivity index (χ4v) is 1.14. The Hall–Kier alpha value is -0.900. The summed E-state index contributed by atoms with van der Waals surface area (Å²) in [6, 6.07) is 0. The lowest BCUT2D eigenvalue weighted by atomic mass is 10.1. The third-order valence-electron chi connectivity index (χ3n) is 1.94. The maximum absolute atomic E-state index is 12.4. The van der Waals surface area contributed by atoms with E-state index in [-0.39, 0.29) is 0 Å². The van der Waals surface area contributed by atoms with Crippen LogP contribution in [-0.4, -0.2) is 17.6 Å². The van der Waals surface area contributed by atoms with Gasteiger partial charge in [-0.15, -0.1) is 0 Å². The van der Waals surface area contributed by atoms with Crippen molar-refractivity contribution in [3.63, 3.8) is 0 Å². The van der Waals surface area contributed by atoms with Gasteiger partial charge in [-0.05, 0) is 31.9 Å². The molecule has 0 aromatic rings. The number of hydrogen-bond donors (Lipinski definition) is 2. The van der Waals surface area contributed by atoms with Gasteiger partial charge in [0.1, 0.15) is 0 Å². The van der Waals surface area contributed by atoms with Gasteiger partial charge in [0.15, 0.2) is 0 Å². The minimum Gasteiger partial charge on any atom is -0.476 e. The maximum Gasteiger partial charge on any atom is 0.364 e. The molecule has 0 spiro atoms. The summed E-state index contributed by atoms with van der Waals surface area (Å²) in [5.74, 6) is -2.53. The molecule has 0 fully saturated rings. The standard InChI is InChI=1S/C10H18FNO2/c11-9(10(13)14)7-5-3-1-2-4-6-8-12/h7H,1-6,8,12H2,(H,13,14)/b9-7+. The molecule has 0 unspecified atom stereocenters. The van der Waals surface area contributed by atoms with Gasteiger partial charge in [-0.3, -0.25) is 0 Å². The highest BCUT2D eigenvalue weighted by molar-refractivity contribution is 5.83. The number of unbranched alkanes of at least 4 members (excludes halogenated alkanes) is 5. The molecule has 3 nitrogen and oxygen atoms in total. The van der Waals surface area contributed by atoms with Crippen LogP contribution in [0.15, 0.2) is 11.9 Å². The number of halogens is 1. The predicted molar refractivity (Wildman–Crippen MR) is 53.6 cm³/mol. The van der Waals surface area contributed by atoms with Crippen molar-refractivity contribution in [2.75, 3.05) is 6.54 Å². The minimum atomic E-state index is -1.48. The molecule has 0 rings (SSSR count). The molecule has 4 heteroatoms. The van der Waals surface area contributed by atoms with Crippen LogP contribution in [0, 0.1) is 0 Å². The molecule has 0 saturated heterocycles. The number of carbonyl (C=O) groups is 1. The van der Waals surface area contributed by atoms with Crippen LogP contribution in [-0.2, 0) is 4.79 Å². The fraction of sp³-hybridized carbons (Fsp3) is 0.700. The van der Waals surface area contributed by atoms with Crippen molar-refractivity contribution in [3.05, 3.63) is 11.9 Å². The zero-order valence-electron chi connectivity index (χ0n) is 8.34. The van der Waals surface area contributed by atoms with Crippen LogP contribution in [0.3, 0.4) is 0 Å². The second-order valence-corrected chi connectivity index (χ2v) is 3.20. The van der Waals surface area contributed by atoms with E-state index in [9.17, 15) is 9.18 Å². The number of nitrogens with two attached hydrogens (primary N) is 1. The van der Waals surface area contributed by atoms with Gasteiger partial charge in [0, 0.05) is 0 Å². The molecule has 0 aliphatic rings. The van der Waals surface area contributed by atoms with Crippen molar-refractivity contribution < 1.29 is 14.3 Å². The zero-order chi connectivity index (χ0) is 10.8. The lowest BCUT2D eigenvalue weighted by Gasteiger charge is -1.97. The quantitative estimate of drug-likeness (QED) is 0.469. The van der Waals surface area contributed by atoms with Crippen molar-refractivity contribution in [2.24, 2.45) is 5.73 Å². The van der Waals surface area contributed by atoms with E-state index in [1.165, 1.54) is 0 Å². The molecule has 0 amide bonds. The highest BCUT2D eigenvalue weighted by Gasteiger charge is 2.02. The van der Waals surface area contributed by atoms with Crippen molar-refractivity contribution in [2.45, 2.75) is 38.5 Å². The number of hydrogen-bond acceptors (Lipinski definition) is 2. The van der Waals surface area contributed by atoms with Gasteiger partial charge in [0.2, 0.25) is 5.83 Å². The van der Waals surface area contributed by atoms with E-state index in [0.29, 0.717) is 13.0 Å². The average Bonchev–Trinajstić information content (AvgIpc) is 2.16. The molecule has 0 aromatic heterocycles. The Kier molecular flexibility index (Phi) is 8.13. The van der Waals surface area contributed by atoms with Crippen LogP contribution in [0.1, 0.15) is 38.5 Å². The second-order valence-electron chi connectivity index (χ2n) is 3.20. The van der Waals surface area contributed by atoms with E-state index in [1.54, 1.807) is 0 Å². The van der Waals surface area contributed by atoms with Gasteiger partial charge < -0.3 is 10.8 Å². The topological polar surface area (TPSA) is 63.3 Å². The first-order valence-electron chi connectivity index (χ1n) is 4.97. The Labute approximate surface area is 83.8 Å². The lowest BCUT2D eigenvalue weighted by Crippen LogP contribution is -1.97. The fourth-order valence-electron chi connectivity index (χ4n) is 1.14. The van der Waals surface area contributed by atoms with Crippen LogP contribution in [0.2, 0.25) is 0 Å². The first kappa shape index (κ1) is 13.1. The first-order chi connectivity index (χ1) is 6.68. The summed E-state index contributed by atoms with van der Waals surface area (Å²) in [6.45, 7) is 0.716. The summed E-state index contributed by atoms with van der Waals surface area (Å²) in [6.07, 6.45) is 6.68. The van der Waals surface area contributed by atoms with Crippen LogP contribution < -0.4 is 5.73 Å². The second kappa shape index (κ2) is 8.69. The molecule has 0 aliphatic heterocycles. The molecule has 3 N–H and O–H groups in total. The Morgan fingerprint density at radius 1 is 1.21 bits per heavy atom. The number of allylic oxidation sites excluding steroid dienone is 1. The lowest BCUT2D eigenvalue weighted by molar-refractivity contribution is -0.134. The molecule has 0 atom stereocenters. The largest absolute Gasteiger partial charge is 0.476 e. The van der Waals surface area contributed by atoms with E-state index < -0.39 is 11.8 Å². The average molecular weight is 203 g/mol. The van der Waals surface area contributed by atoms with Crippen LogP contribution in [0.4, 0.5) is 4.39 Å². The summed E-state index contributed by atoms with van der Waals surface area (Å²) in [5, 5.41) is 8.20. The Morgan fingerprint density at radius 2 is 1.79 bits per heavy atom. The number of aliphatic carboxylic acids is 1. The van der Waals surface area contributed by atoms with Crippen molar-refractivity contribution >= 4 is 5.97 Å². The molecule has 0 radical (unpaired) electrons. The normalized spacial score (nSPS) is 11.7. The van der Waals surface area contributed by atoms with Gasteiger partial charge >= 0.3 is 5.97 Å². The first-order valence-corrected chi connectivity index (χ1v) is 4.97. The number of rotatable bonds is 8. The van der Waals surface area contributed by atoms with Crippen LogP contribution in [0.25, 0.3) is 0 Å². The van der Waals surface area contributed by atoms with E-state index in [0.717, 1.165) is 38.2 Å². The maximum atomic E-state index is 12.4. The summed E-state index contributed by atoms with van der Waals surface area (Å²) in [4.78, 5) is 10.0. The summed E-state index contributed by atoms with van der Waals surface area (Å²) < 4.78 is 12.4. The third-order valence-corrected chi connectivity index (χ3v) is 1.94. The van der Waals surface area contributed by atoms with E-state index in [4.69, 9.17) is 10.8 Å². The monoisotopic (exact) mass is 203 g/mol. The van der Waals surface area contributed by atoms with Gasteiger partial charge in [0.05, 0.1) is 0 Å². The summed E-state index contributed by atoms with van der Waals surface area (Å²) >= 11 is 0. The molecular weight excluding hydrogens is 185 g/mol. The van der Waals surface area contributed by atoms with Crippen LogP contribution in [0.5, 0.6) is 0 Å². The molecular formula is C10H18FNO2. The molecule has 0 heterocycles. The third kappa shape index (κ3) is 7.73. The van der Waals surface area contributed by atoms with Gasteiger partial charge in [-0.2, -0.15) is 4.39 Å². The highest BCUT2D eigenvalue weighted by atomic mass is 19.1. The predicted octanol–water partition coefficient (Wildman–Crippen LogP) is 2.22. The van der Waals surface area contributed by atoms with Crippen LogP contribution >= 0.6 is 0 Å². The van der Waals surface area contributed by atoms with Crippen molar-refractivity contribution in [1.82, 2.24) is 0 Å². The SMILES string of the molecule is NCCCCCCC/C=C(/F)C(=O)O. The molecule has 0 aromatic carbocycles. The highest BCUT2D eigenvalue weighted by Crippen LogP contribution is 2.07. The minimum absolute atomic E-state index is 0.501. The van der Waals surface area contributed by atoms with E-state index in [2.05, 4.69) is 0 Å².